The predicted molar refractivity (Wildman–Crippen MR) is 47.9 cm³/mol. The van der Waals surface area contributed by atoms with Gasteiger partial charge >= 0.3 is 0 Å². The van der Waals surface area contributed by atoms with Gasteiger partial charge in [-0.05, 0) is 12.8 Å². The van der Waals surface area contributed by atoms with Crippen molar-refractivity contribution in [2.45, 2.75) is 45.4 Å². The van der Waals surface area contributed by atoms with Crippen molar-refractivity contribution in [3.8, 4) is 0 Å². The lowest BCUT2D eigenvalue weighted by Crippen LogP contribution is -2.39. The van der Waals surface area contributed by atoms with Gasteiger partial charge in [0.2, 0.25) is 6.04 Å². The highest BCUT2D eigenvalue weighted by Crippen LogP contribution is 2.13. The minimum atomic E-state index is -1.07. The average Bonchev–Trinajstić information content (AvgIpc) is 1.97. The highest BCUT2D eigenvalue weighted by Gasteiger charge is 2.32. The van der Waals surface area contributed by atoms with E-state index in [2.05, 4.69) is 0 Å². The summed E-state index contributed by atoms with van der Waals surface area (Å²) in [5.74, 6) is -0.172. The van der Waals surface area contributed by atoms with E-state index in [1.807, 2.05) is 0 Å². The van der Waals surface area contributed by atoms with Crippen LogP contribution in [0.25, 0.3) is 0 Å². The molecule has 0 heterocycles. The molecule has 0 aliphatic heterocycles. The molecule has 3 atom stereocenters. The molecular formula is C8H17NO4. The molecule has 0 rings (SSSR count). The van der Waals surface area contributed by atoms with Crippen molar-refractivity contribution in [3.63, 3.8) is 0 Å². The van der Waals surface area contributed by atoms with E-state index >= 15 is 0 Å². The van der Waals surface area contributed by atoms with Crippen molar-refractivity contribution in [2.75, 3.05) is 0 Å². The fraction of sp³-hybridized carbons (Fsp3) is 1.00. The van der Waals surface area contributed by atoms with Crippen molar-refractivity contribution in [1.29, 1.82) is 0 Å². The molecule has 0 bridgehead atoms. The van der Waals surface area contributed by atoms with Crippen LogP contribution in [0.5, 0.6) is 0 Å². The van der Waals surface area contributed by atoms with Gasteiger partial charge in [-0.3, -0.25) is 10.1 Å². The summed E-state index contributed by atoms with van der Waals surface area (Å²) in [5, 5.41) is 29.0. The average molecular weight is 191 g/mol. The minimum absolute atomic E-state index is 0.00759. The molecule has 0 aromatic rings. The van der Waals surface area contributed by atoms with E-state index in [1.165, 1.54) is 6.92 Å². The zero-order valence-electron chi connectivity index (χ0n) is 8.17. The molecule has 5 heteroatoms. The predicted octanol–water partition coefficient (Wildman–Crippen LogP) is 0.419. The monoisotopic (exact) mass is 191 g/mol. The van der Waals surface area contributed by atoms with Crippen LogP contribution in [-0.2, 0) is 0 Å². The molecule has 0 aromatic carbocycles. The lowest BCUT2D eigenvalue weighted by molar-refractivity contribution is -0.538. The van der Waals surface area contributed by atoms with Crippen molar-refractivity contribution in [2.24, 2.45) is 5.92 Å². The molecule has 5 nitrogen and oxygen atoms in total. The first-order valence-corrected chi connectivity index (χ1v) is 4.35. The zero-order chi connectivity index (χ0) is 10.6. The lowest BCUT2D eigenvalue weighted by atomic mass is 9.96. The van der Waals surface area contributed by atoms with Crippen LogP contribution in [-0.4, -0.2) is 33.4 Å². The largest absolute Gasteiger partial charge is 0.393 e. The molecule has 0 saturated heterocycles. The van der Waals surface area contributed by atoms with Gasteiger partial charge in [0, 0.05) is 11.3 Å². The Balaban J connectivity index is 4.33. The molecule has 0 aliphatic carbocycles. The third-order valence-corrected chi connectivity index (χ3v) is 1.93. The number of nitrogens with zero attached hydrogens (tertiary/aromatic N) is 1. The van der Waals surface area contributed by atoms with Crippen molar-refractivity contribution >= 4 is 0 Å². The molecule has 0 radical (unpaired) electrons. The molecule has 2 N–H and O–H groups in total. The van der Waals surface area contributed by atoms with Crippen LogP contribution in [0.2, 0.25) is 0 Å². The molecule has 78 valence electrons. The van der Waals surface area contributed by atoms with Crippen LogP contribution in [0.4, 0.5) is 0 Å². The number of hydrogen-bond acceptors (Lipinski definition) is 4. The summed E-state index contributed by atoms with van der Waals surface area (Å²) in [6.45, 7) is 4.90. The van der Waals surface area contributed by atoms with Gasteiger partial charge in [0.15, 0.2) is 0 Å². The second kappa shape index (κ2) is 5.14. The Morgan fingerprint density at radius 3 is 2.00 bits per heavy atom. The van der Waals surface area contributed by atoms with Crippen molar-refractivity contribution in [3.05, 3.63) is 10.1 Å². The van der Waals surface area contributed by atoms with Gasteiger partial charge in [-0.2, -0.15) is 0 Å². The molecule has 0 spiro atoms. The van der Waals surface area contributed by atoms with Crippen LogP contribution >= 0.6 is 0 Å². The van der Waals surface area contributed by atoms with E-state index in [9.17, 15) is 15.2 Å². The number of rotatable bonds is 5. The van der Waals surface area contributed by atoms with E-state index in [0.717, 1.165) is 0 Å². The third kappa shape index (κ3) is 4.19. The van der Waals surface area contributed by atoms with Gasteiger partial charge in [0.1, 0.15) is 6.10 Å². The van der Waals surface area contributed by atoms with Gasteiger partial charge in [-0.15, -0.1) is 0 Å². The summed E-state index contributed by atoms with van der Waals surface area (Å²) in [4.78, 5) is 9.98. The number of hydrogen-bond donors (Lipinski definition) is 2. The smallest absolute Gasteiger partial charge is 0.241 e. The summed E-state index contributed by atoms with van der Waals surface area (Å²) >= 11 is 0. The van der Waals surface area contributed by atoms with Crippen LogP contribution in [0, 0.1) is 16.0 Å². The summed E-state index contributed by atoms with van der Waals surface area (Å²) in [7, 11) is 0. The molecule has 0 fully saturated rings. The highest BCUT2D eigenvalue weighted by atomic mass is 16.6. The van der Waals surface area contributed by atoms with E-state index in [0.29, 0.717) is 0 Å². The normalized spacial score (nSPS) is 18.3. The van der Waals surface area contributed by atoms with Gasteiger partial charge < -0.3 is 10.2 Å². The number of aliphatic hydroxyl groups is 2. The van der Waals surface area contributed by atoms with E-state index in [4.69, 9.17) is 5.11 Å². The molecule has 3 unspecified atom stereocenters. The summed E-state index contributed by atoms with van der Waals surface area (Å²) < 4.78 is 0. The Morgan fingerprint density at radius 1 is 1.31 bits per heavy atom. The zero-order valence-corrected chi connectivity index (χ0v) is 8.17. The molecule has 0 aliphatic rings. The Hall–Kier alpha value is -0.680. The summed E-state index contributed by atoms with van der Waals surface area (Å²) in [6.07, 6.45) is -1.76. The van der Waals surface area contributed by atoms with E-state index in [-0.39, 0.29) is 12.3 Å². The van der Waals surface area contributed by atoms with Gasteiger partial charge in [0.05, 0.1) is 6.10 Å². The van der Waals surface area contributed by atoms with E-state index in [1.54, 1.807) is 13.8 Å². The Bertz CT molecular complexity index is 170. The maximum Gasteiger partial charge on any atom is 0.241 e. The van der Waals surface area contributed by atoms with Crippen molar-refractivity contribution < 1.29 is 15.1 Å². The molecular weight excluding hydrogens is 174 g/mol. The second-order valence-corrected chi connectivity index (χ2v) is 3.67. The second-order valence-electron chi connectivity index (χ2n) is 3.67. The van der Waals surface area contributed by atoms with Gasteiger partial charge in [-0.25, -0.2) is 0 Å². The van der Waals surface area contributed by atoms with Crippen LogP contribution in [0.3, 0.4) is 0 Å². The Morgan fingerprint density at radius 2 is 1.77 bits per heavy atom. The van der Waals surface area contributed by atoms with Crippen molar-refractivity contribution in [1.82, 2.24) is 0 Å². The Labute approximate surface area is 77.5 Å². The van der Waals surface area contributed by atoms with E-state index < -0.39 is 23.2 Å². The van der Waals surface area contributed by atoms with Crippen LogP contribution in [0.15, 0.2) is 0 Å². The fourth-order valence-electron chi connectivity index (χ4n) is 1.14. The first-order chi connectivity index (χ1) is 5.86. The van der Waals surface area contributed by atoms with Gasteiger partial charge in [-0.1, -0.05) is 13.8 Å². The van der Waals surface area contributed by atoms with Crippen LogP contribution in [0.1, 0.15) is 27.2 Å². The maximum atomic E-state index is 10.5. The molecule has 13 heavy (non-hydrogen) atoms. The Kier molecular flexibility index (Phi) is 4.87. The fourth-order valence-corrected chi connectivity index (χ4v) is 1.14. The minimum Gasteiger partial charge on any atom is -0.393 e. The molecule has 0 saturated carbocycles. The SMILES string of the molecule is CC(O)CC(C(O)C(C)C)[N+](=O)[O-]. The molecule has 0 amide bonds. The first-order valence-electron chi connectivity index (χ1n) is 4.35. The first kappa shape index (κ1) is 12.3. The summed E-state index contributed by atoms with van der Waals surface area (Å²) in [5.41, 5.74) is 0. The number of aliphatic hydroxyl groups excluding tert-OH is 2. The number of nitro groups is 1. The standard InChI is InChI=1S/C8H17NO4/c1-5(2)8(11)7(9(12)13)4-6(3)10/h5-8,10-11H,4H2,1-3H3. The maximum absolute atomic E-state index is 10.5. The topological polar surface area (TPSA) is 83.6 Å². The summed E-state index contributed by atoms with van der Waals surface area (Å²) in [6, 6.07) is -1.07. The van der Waals surface area contributed by atoms with Crippen LogP contribution < -0.4 is 0 Å². The quantitative estimate of drug-likeness (QED) is 0.487. The van der Waals surface area contributed by atoms with Gasteiger partial charge in [0.25, 0.3) is 0 Å². The molecule has 0 aromatic heterocycles. The highest BCUT2D eigenvalue weighted by molar-refractivity contribution is 4.72. The lowest BCUT2D eigenvalue weighted by Gasteiger charge is -2.19. The third-order valence-electron chi connectivity index (χ3n) is 1.93.